The van der Waals surface area contributed by atoms with E-state index in [0.29, 0.717) is 5.56 Å². The zero-order chi connectivity index (χ0) is 17.0. The van der Waals surface area contributed by atoms with E-state index in [1.165, 1.54) is 16.4 Å². The minimum Gasteiger partial charge on any atom is -0.264 e. The number of aromatic nitrogens is 1. The Morgan fingerprint density at radius 3 is 2.65 bits per heavy atom. The van der Waals surface area contributed by atoms with Crippen molar-refractivity contribution in [2.75, 3.05) is 6.54 Å². The molecule has 1 heterocycles. The molecule has 1 unspecified atom stereocenters. The molecule has 2 rings (SSSR count). The van der Waals surface area contributed by atoms with Gasteiger partial charge < -0.3 is 0 Å². The number of nitrogens with zero attached hydrogens (tertiary/aromatic N) is 3. The third-order valence-corrected chi connectivity index (χ3v) is 5.67. The molecular formula is C16H16FN3O2S. The summed E-state index contributed by atoms with van der Waals surface area (Å²) < 4.78 is 40.8. The molecule has 0 amide bonds. The Labute approximate surface area is 135 Å². The van der Waals surface area contributed by atoms with Crippen LogP contribution in [0.5, 0.6) is 0 Å². The molecule has 5 nitrogen and oxygen atoms in total. The van der Waals surface area contributed by atoms with Crippen LogP contribution in [-0.2, 0) is 10.0 Å². The summed E-state index contributed by atoms with van der Waals surface area (Å²) in [5.74, 6) is -0.848. The molecule has 1 atom stereocenters. The molecule has 0 spiro atoms. The molecule has 0 N–H and O–H groups in total. The van der Waals surface area contributed by atoms with Crippen LogP contribution in [0.15, 0.2) is 47.6 Å². The Hall–Kier alpha value is -2.30. The first-order chi connectivity index (χ1) is 10.9. The van der Waals surface area contributed by atoms with Crippen molar-refractivity contribution in [1.82, 2.24) is 9.29 Å². The lowest BCUT2D eigenvalue weighted by Gasteiger charge is -2.27. The van der Waals surface area contributed by atoms with Crippen LogP contribution in [0.1, 0.15) is 31.0 Å². The third kappa shape index (κ3) is 3.23. The van der Waals surface area contributed by atoms with Crippen LogP contribution in [0.3, 0.4) is 0 Å². The van der Waals surface area contributed by atoms with E-state index in [9.17, 15) is 12.8 Å². The van der Waals surface area contributed by atoms with Crippen molar-refractivity contribution in [2.45, 2.75) is 24.8 Å². The van der Waals surface area contributed by atoms with Crippen LogP contribution in [0.2, 0.25) is 0 Å². The molecule has 7 heteroatoms. The highest BCUT2D eigenvalue weighted by Crippen LogP contribution is 2.29. The molecule has 1 aromatic carbocycles. The molecule has 0 aliphatic heterocycles. The van der Waals surface area contributed by atoms with Crippen LogP contribution in [0.25, 0.3) is 0 Å². The Kier molecular flexibility index (Phi) is 5.08. The monoisotopic (exact) mass is 333 g/mol. The second-order valence-electron chi connectivity index (χ2n) is 4.90. The maximum atomic E-state index is 13.8. The topological polar surface area (TPSA) is 74.1 Å². The zero-order valence-corrected chi connectivity index (χ0v) is 13.6. The van der Waals surface area contributed by atoms with Gasteiger partial charge in [-0.15, -0.1) is 0 Å². The highest BCUT2D eigenvalue weighted by molar-refractivity contribution is 7.89. The molecular weight excluding hydrogens is 317 g/mol. The summed E-state index contributed by atoms with van der Waals surface area (Å²) >= 11 is 0. The molecule has 1 aromatic heterocycles. The highest BCUT2D eigenvalue weighted by atomic mass is 32.2. The van der Waals surface area contributed by atoms with Gasteiger partial charge in [0.05, 0.1) is 0 Å². The molecule has 0 aliphatic carbocycles. The number of pyridine rings is 1. The van der Waals surface area contributed by atoms with Gasteiger partial charge in [-0.3, -0.25) is 4.98 Å². The molecule has 0 bridgehead atoms. The minimum atomic E-state index is -4.02. The summed E-state index contributed by atoms with van der Waals surface area (Å²) in [6, 6.07) is 8.23. The second-order valence-corrected chi connectivity index (χ2v) is 6.75. The average molecular weight is 333 g/mol. The maximum absolute atomic E-state index is 13.8. The van der Waals surface area contributed by atoms with Crippen LogP contribution in [0.4, 0.5) is 4.39 Å². The Balaban J connectivity index is 2.53. The van der Waals surface area contributed by atoms with Crippen molar-refractivity contribution < 1.29 is 12.8 Å². The molecule has 0 aliphatic rings. The van der Waals surface area contributed by atoms with Crippen LogP contribution >= 0.6 is 0 Å². The van der Waals surface area contributed by atoms with Gasteiger partial charge in [0, 0.05) is 25.0 Å². The summed E-state index contributed by atoms with van der Waals surface area (Å²) in [7, 11) is -4.02. The van der Waals surface area contributed by atoms with Gasteiger partial charge >= 0.3 is 0 Å². The van der Waals surface area contributed by atoms with Gasteiger partial charge in [0.1, 0.15) is 22.3 Å². The van der Waals surface area contributed by atoms with Gasteiger partial charge in [-0.05, 0) is 30.7 Å². The van der Waals surface area contributed by atoms with E-state index in [1.54, 1.807) is 44.4 Å². The van der Waals surface area contributed by atoms with E-state index >= 15 is 0 Å². The molecule has 0 saturated heterocycles. The van der Waals surface area contributed by atoms with Crippen molar-refractivity contribution in [3.63, 3.8) is 0 Å². The number of rotatable bonds is 5. The van der Waals surface area contributed by atoms with E-state index < -0.39 is 27.4 Å². The molecule has 0 fully saturated rings. The van der Waals surface area contributed by atoms with Gasteiger partial charge in [0.15, 0.2) is 0 Å². The van der Waals surface area contributed by atoms with E-state index in [-0.39, 0.29) is 11.4 Å². The average Bonchev–Trinajstić information content (AvgIpc) is 2.55. The fourth-order valence-electron chi connectivity index (χ4n) is 2.40. The fraction of sp³-hybridized carbons (Fsp3) is 0.250. The number of halogens is 1. The first-order valence-electron chi connectivity index (χ1n) is 7.03. The molecule has 0 radical (unpaired) electrons. The lowest BCUT2D eigenvalue weighted by molar-refractivity contribution is 0.356. The number of sulfonamides is 1. The maximum Gasteiger partial charge on any atom is 0.245 e. The van der Waals surface area contributed by atoms with Gasteiger partial charge in [-0.25, -0.2) is 12.8 Å². The fourth-order valence-corrected chi connectivity index (χ4v) is 4.18. The molecule has 120 valence electrons. The predicted octanol–water partition coefficient (Wildman–Crippen LogP) is 2.86. The first-order valence-corrected chi connectivity index (χ1v) is 8.47. The summed E-state index contributed by atoms with van der Waals surface area (Å²) in [6.45, 7) is 3.60. The summed E-state index contributed by atoms with van der Waals surface area (Å²) in [4.78, 5) is 3.67. The number of benzene rings is 1. The highest BCUT2D eigenvalue weighted by Gasteiger charge is 2.31. The molecule has 0 saturated carbocycles. The standard InChI is InChI=1S/C16H16FN3O2S/c1-3-20(12(2)13-6-5-9-19-11-13)23(21,22)16-8-4-7-15(17)14(16)10-18/h4-9,11-12H,3H2,1-2H3. The smallest absolute Gasteiger partial charge is 0.245 e. The summed E-state index contributed by atoms with van der Waals surface area (Å²) in [5.41, 5.74) is 0.247. The quantitative estimate of drug-likeness (QED) is 0.843. The zero-order valence-electron chi connectivity index (χ0n) is 12.8. The van der Waals surface area contributed by atoms with Crippen LogP contribution in [0, 0.1) is 17.1 Å². The third-order valence-electron chi connectivity index (χ3n) is 3.58. The van der Waals surface area contributed by atoms with E-state index in [0.717, 1.165) is 6.07 Å². The van der Waals surface area contributed by atoms with E-state index in [1.807, 2.05) is 0 Å². The number of hydrogen-bond donors (Lipinski definition) is 0. The second kappa shape index (κ2) is 6.86. The first kappa shape index (κ1) is 17.1. The lowest BCUT2D eigenvalue weighted by atomic mass is 10.1. The van der Waals surface area contributed by atoms with Crippen molar-refractivity contribution in [1.29, 1.82) is 5.26 Å². The molecule has 23 heavy (non-hydrogen) atoms. The Morgan fingerprint density at radius 2 is 2.09 bits per heavy atom. The van der Waals surface area contributed by atoms with E-state index in [2.05, 4.69) is 4.98 Å². The lowest BCUT2D eigenvalue weighted by Crippen LogP contribution is -2.34. The van der Waals surface area contributed by atoms with Crippen LogP contribution in [-0.4, -0.2) is 24.3 Å². The Bertz CT molecular complexity index is 832. The predicted molar refractivity (Wildman–Crippen MR) is 83.3 cm³/mol. The SMILES string of the molecule is CCN(C(C)c1cccnc1)S(=O)(=O)c1cccc(F)c1C#N. The van der Waals surface area contributed by atoms with Gasteiger partial charge in [0.25, 0.3) is 0 Å². The van der Waals surface area contributed by atoms with Crippen molar-refractivity contribution in [2.24, 2.45) is 0 Å². The largest absolute Gasteiger partial charge is 0.264 e. The van der Waals surface area contributed by atoms with E-state index in [4.69, 9.17) is 5.26 Å². The summed E-state index contributed by atoms with van der Waals surface area (Å²) in [5, 5.41) is 9.09. The Morgan fingerprint density at radius 1 is 1.35 bits per heavy atom. The van der Waals surface area contributed by atoms with Crippen LogP contribution < -0.4 is 0 Å². The van der Waals surface area contributed by atoms with Crippen molar-refractivity contribution in [3.8, 4) is 6.07 Å². The number of nitriles is 1. The summed E-state index contributed by atoms with van der Waals surface area (Å²) in [6.07, 6.45) is 3.18. The van der Waals surface area contributed by atoms with Crippen molar-refractivity contribution in [3.05, 3.63) is 59.7 Å². The van der Waals surface area contributed by atoms with Gasteiger partial charge in [-0.2, -0.15) is 9.57 Å². The number of hydrogen-bond acceptors (Lipinski definition) is 4. The molecule has 2 aromatic rings. The normalized spacial score (nSPS) is 12.8. The van der Waals surface area contributed by atoms with Gasteiger partial charge in [0.2, 0.25) is 10.0 Å². The van der Waals surface area contributed by atoms with Crippen molar-refractivity contribution >= 4 is 10.0 Å². The van der Waals surface area contributed by atoms with Gasteiger partial charge in [-0.1, -0.05) is 19.1 Å². The minimum absolute atomic E-state index is 0.180.